The Morgan fingerprint density at radius 2 is 2.14 bits per heavy atom. The molecular weight excluding hydrogens is 290 g/mol. The largest absolute Gasteiger partial charge is 0.388 e. The highest BCUT2D eigenvalue weighted by atomic mass is 32.1. The number of nitrogens with zero attached hydrogens (tertiary/aromatic N) is 4. The highest BCUT2D eigenvalue weighted by molar-refractivity contribution is 7.08. The number of nitrogens with one attached hydrogen (secondary N) is 1. The van der Waals surface area contributed by atoms with Crippen molar-refractivity contribution in [2.24, 2.45) is 0 Å². The molecule has 0 aliphatic heterocycles. The van der Waals surface area contributed by atoms with Gasteiger partial charge in [0.2, 0.25) is 11.7 Å². The Hall–Kier alpha value is -1.80. The summed E-state index contributed by atoms with van der Waals surface area (Å²) in [7, 11) is 0. The predicted octanol–water partition coefficient (Wildman–Crippen LogP) is 1.07. The summed E-state index contributed by atoms with van der Waals surface area (Å²) in [4.78, 5) is 13.3. The van der Waals surface area contributed by atoms with E-state index in [0.29, 0.717) is 5.82 Å². The summed E-state index contributed by atoms with van der Waals surface area (Å²) in [6.45, 7) is 6.77. The van der Waals surface area contributed by atoms with Gasteiger partial charge in [-0.2, -0.15) is 16.1 Å². The van der Waals surface area contributed by atoms with Crippen molar-refractivity contribution in [1.82, 2.24) is 25.5 Å². The second-order valence-electron chi connectivity index (χ2n) is 5.89. The Bertz CT molecular complexity index is 613. The molecule has 0 saturated carbocycles. The van der Waals surface area contributed by atoms with Crippen LogP contribution in [0.25, 0.3) is 11.4 Å². The molecular formula is C13H19N5O2S. The van der Waals surface area contributed by atoms with Gasteiger partial charge in [0.05, 0.1) is 11.1 Å². The third-order valence-electron chi connectivity index (χ3n) is 3.50. The first-order valence-corrected chi connectivity index (χ1v) is 7.47. The highest BCUT2D eigenvalue weighted by Crippen LogP contribution is 2.20. The van der Waals surface area contributed by atoms with Crippen LogP contribution in [-0.2, 0) is 11.3 Å². The standard InChI is InChI=1S/C13H19N5O2S/c1-12(2,13(3,4)20)14-10(19)7-18-16-11(15-17-18)9-5-6-21-8-9/h5-6,8,20H,7H2,1-4H3,(H,14,19). The van der Waals surface area contributed by atoms with Gasteiger partial charge in [0.1, 0.15) is 6.54 Å². The fraction of sp³-hybridized carbons (Fsp3) is 0.538. The number of rotatable bonds is 5. The first-order chi connectivity index (χ1) is 9.69. The Labute approximate surface area is 127 Å². The maximum atomic E-state index is 12.0. The lowest BCUT2D eigenvalue weighted by molar-refractivity contribution is -0.127. The molecule has 2 aromatic rings. The van der Waals surface area contributed by atoms with Crippen molar-refractivity contribution in [2.45, 2.75) is 45.4 Å². The first-order valence-electron chi connectivity index (χ1n) is 6.53. The van der Waals surface area contributed by atoms with Crippen LogP contribution in [0.3, 0.4) is 0 Å². The summed E-state index contributed by atoms with van der Waals surface area (Å²) in [6.07, 6.45) is 0. The third kappa shape index (κ3) is 3.64. The number of carbonyl (C=O) groups is 1. The van der Waals surface area contributed by atoms with E-state index in [4.69, 9.17) is 0 Å². The summed E-state index contributed by atoms with van der Waals surface area (Å²) in [6, 6.07) is 1.89. The Kier molecular flexibility index (Phi) is 4.11. The van der Waals surface area contributed by atoms with Crippen molar-refractivity contribution in [3.63, 3.8) is 0 Å². The van der Waals surface area contributed by atoms with Gasteiger partial charge in [-0.1, -0.05) is 0 Å². The van der Waals surface area contributed by atoms with Gasteiger partial charge in [0.25, 0.3) is 0 Å². The zero-order valence-corrected chi connectivity index (χ0v) is 13.3. The molecule has 7 nitrogen and oxygen atoms in total. The van der Waals surface area contributed by atoms with Gasteiger partial charge in [0, 0.05) is 10.9 Å². The van der Waals surface area contributed by atoms with Gasteiger partial charge in [-0.3, -0.25) is 4.79 Å². The van der Waals surface area contributed by atoms with Crippen LogP contribution in [0, 0.1) is 0 Å². The molecule has 0 bridgehead atoms. The van der Waals surface area contributed by atoms with Crippen LogP contribution >= 0.6 is 11.3 Å². The second-order valence-corrected chi connectivity index (χ2v) is 6.67. The molecule has 0 spiro atoms. The quantitative estimate of drug-likeness (QED) is 0.861. The number of carbonyl (C=O) groups excluding carboxylic acids is 1. The van der Waals surface area contributed by atoms with Gasteiger partial charge in [-0.05, 0) is 44.4 Å². The molecule has 0 atom stereocenters. The molecule has 114 valence electrons. The van der Waals surface area contributed by atoms with Gasteiger partial charge in [-0.15, -0.1) is 10.2 Å². The number of hydrogen-bond acceptors (Lipinski definition) is 6. The average molecular weight is 309 g/mol. The Morgan fingerprint density at radius 3 is 2.71 bits per heavy atom. The van der Waals surface area contributed by atoms with Gasteiger partial charge >= 0.3 is 0 Å². The third-order valence-corrected chi connectivity index (χ3v) is 4.18. The number of tetrazole rings is 1. The van der Waals surface area contributed by atoms with Crippen molar-refractivity contribution >= 4 is 17.2 Å². The molecule has 0 aliphatic rings. The molecule has 21 heavy (non-hydrogen) atoms. The molecule has 0 fully saturated rings. The SMILES string of the molecule is CC(C)(O)C(C)(C)NC(=O)Cn1nnc(-c2ccsc2)n1. The van der Waals surface area contributed by atoms with E-state index >= 15 is 0 Å². The fourth-order valence-corrected chi connectivity index (χ4v) is 2.12. The van der Waals surface area contributed by atoms with Gasteiger partial charge in [0.15, 0.2) is 0 Å². The molecule has 0 unspecified atom stereocenters. The molecule has 0 saturated heterocycles. The Balaban J connectivity index is 2.01. The van der Waals surface area contributed by atoms with Gasteiger partial charge < -0.3 is 10.4 Å². The number of thiophene rings is 1. The molecule has 0 aliphatic carbocycles. The van der Waals surface area contributed by atoms with Crippen molar-refractivity contribution in [1.29, 1.82) is 0 Å². The van der Waals surface area contributed by atoms with Crippen LogP contribution in [0.2, 0.25) is 0 Å². The molecule has 8 heteroatoms. The maximum Gasteiger partial charge on any atom is 0.244 e. The first kappa shape index (κ1) is 15.6. The van der Waals surface area contributed by atoms with E-state index in [9.17, 15) is 9.90 Å². The zero-order valence-electron chi connectivity index (χ0n) is 12.5. The van der Waals surface area contributed by atoms with Crippen LogP contribution < -0.4 is 5.32 Å². The van der Waals surface area contributed by atoms with Crippen LogP contribution in [-0.4, -0.2) is 42.4 Å². The van der Waals surface area contributed by atoms with E-state index < -0.39 is 11.1 Å². The minimum Gasteiger partial charge on any atom is -0.388 e. The van der Waals surface area contributed by atoms with Crippen molar-refractivity contribution in [3.8, 4) is 11.4 Å². The number of aliphatic hydroxyl groups is 1. The second kappa shape index (κ2) is 5.53. The summed E-state index contributed by atoms with van der Waals surface area (Å²) < 4.78 is 0. The number of amides is 1. The average Bonchev–Trinajstić information content (AvgIpc) is 2.95. The lowest BCUT2D eigenvalue weighted by atomic mass is 9.86. The number of aromatic nitrogens is 4. The molecule has 1 amide bonds. The van der Waals surface area contributed by atoms with E-state index in [1.54, 1.807) is 39.0 Å². The Morgan fingerprint density at radius 1 is 1.43 bits per heavy atom. The van der Waals surface area contributed by atoms with E-state index in [1.165, 1.54) is 4.80 Å². The number of hydrogen-bond donors (Lipinski definition) is 2. The predicted molar refractivity (Wildman–Crippen MR) is 79.6 cm³/mol. The summed E-state index contributed by atoms with van der Waals surface area (Å²) in [5.74, 6) is 0.210. The van der Waals surface area contributed by atoms with E-state index in [1.807, 2.05) is 16.8 Å². The van der Waals surface area contributed by atoms with Crippen LogP contribution in [0.15, 0.2) is 16.8 Å². The minimum atomic E-state index is -1.04. The molecule has 2 N–H and O–H groups in total. The molecule has 2 rings (SSSR count). The van der Waals surface area contributed by atoms with Crippen LogP contribution in [0.4, 0.5) is 0 Å². The molecule has 2 heterocycles. The minimum absolute atomic E-state index is 0.0450. The van der Waals surface area contributed by atoms with Gasteiger partial charge in [-0.25, -0.2) is 0 Å². The monoisotopic (exact) mass is 309 g/mol. The lowest BCUT2D eigenvalue weighted by Gasteiger charge is -2.37. The maximum absolute atomic E-state index is 12.0. The fourth-order valence-electron chi connectivity index (χ4n) is 1.49. The smallest absolute Gasteiger partial charge is 0.244 e. The van der Waals surface area contributed by atoms with Crippen LogP contribution in [0.5, 0.6) is 0 Å². The normalized spacial score (nSPS) is 12.4. The van der Waals surface area contributed by atoms with Crippen LogP contribution in [0.1, 0.15) is 27.7 Å². The van der Waals surface area contributed by atoms with Crippen molar-refractivity contribution in [3.05, 3.63) is 16.8 Å². The summed E-state index contributed by atoms with van der Waals surface area (Å²) in [5, 5.41) is 28.6. The lowest BCUT2D eigenvalue weighted by Crippen LogP contribution is -2.58. The zero-order chi connectivity index (χ0) is 15.7. The highest BCUT2D eigenvalue weighted by Gasteiger charge is 2.36. The van der Waals surface area contributed by atoms with E-state index in [0.717, 1.165) is 5.56 Å². The molecule has 0 radical (unpaired) electrons. The topological polar surface area (TPSA) is 92.9 Å². The molecule has 0 aromatic carbocycles. The summed E-state index contributed by atoms with van der Waals surface area (Å²) >= 11 is 1.54. The molecule has 2 aromatic heterocycles. The summed E-state index contributed by atoms with van der Waals surface area (Å²) in [5.41, 5.74) is -0.926. The van der Waals surface area contributed by atoms with E-state index in [2.05, 4.69) is 20.7 Å². The van der Waals surface area contributed by atoms with E-state index in [-0.39, 0.29) is 12.5 Å². The van der Waals surface area contributed by atoms with Crippen molar-refractivity contribution < 1.29 is 9.90 Å². The van der Waals surface area contributed by atoms with Crippen molar-refractivity contribution in [2.75, 3.05) is 0 Å².